The Morgan fingerprint density at radius 3 is 2.75 bits per heavy atom. The summed E-state index contributed by atoms with van der Waals surface area (Å²) in [7, 11) is 0. The van der Waals surface area contributed by atoms with Gasteiger partial charge in [-0.25, -0.2) is 4.98 Å². The average Bonchev–Trinajstić information content (AvgIpc) is 2.85. The third-order valence-electron chi connectivity index (χ3n) is 3.77. The van der Waals surface area contributed by atoms with E-state index in [9.17, 15) is 0 Å². The highest BCUT2D eigenvalue weighted by Crippen LogP contribution is 2.18. The second-order valence-electron chi connectivity index (χ2n) is 5.17. The van der Waals surface area contributed by atoms with Crippen LogP contribution in [0.1, 0.15) is 32.4 Å². The molecule has 0 aliphatic carbocycles. The summed E-state index contributed by atoms with van der Waals surface area (Å²) in [5.74, 6) is 0. The van der Waals surface area contributed by atoms with Crippen LogP contribution in [-0.2, 0) is 0 Å². The van der Waals surface area contributed by atoms with Crippen molar-refractivity contribution in [2.45, 2.75) is 33.6 Å². The summed E-state index contributed by atoms with van der Waals surface area (Å²) in [4.78, 5) is 4.80. The Bertz CT molecular complexity index is 885. The molecule has 0 aliphatic heterocycles. The second kappa shape index (κ2) is 5.12. The van der Waals surface area contributed by atoms with Crippen molar-refractivity contribution in [2.75, 3.05) is 0 Å². The lowest BCUT2D eigenvalue weighted by molar-refractivity contribution is 0.968. The highest BCUT2D eigenvalue weighted by molar-refractivity contribution is 5.87. The van der Waals surface area contributed by atoms with E-state index in [4.69, 9.17) is 4.98 Å². The Morgan fingerprint density at radius 1 is 1.20 bits per heavy atom. The highest BCUT2D eigenvalue weighted by Gasteiger charge is 2.07. The lowest BCUT2D eigenvalue weighted by Crippen LogP contribution is -2.35. The minimum Gasteiger partial charge on any atom is -0.306 e. The van der Waals surface area contributed by atoms with E-state index in [0.717, 1.165) is 23.9 Å². The maximum Gasteiger partial charge on any atom is 0.0831 e. The van der Waals surface area contributed by atoms with Gasteiger partial charge in [0, 0.05) is 5.39 Å². The number of aromatic nitrogens is 2. The molecule has 3 rings (SSSR count). The van der Waals surface area contributed by atoms with Crippen LogP contribution >= 0.6 is 0 Å². The summed E-state index contributed by atoms with van der Waals surface area (Å²) in [6, 6.07) is 10.8. The molecule has 0 aliphatic rings. The van der Waals surface area contributed by atoms with Crippen LogP contribution < -0.4 is 10.7 Å². The van der Waals surface area contributed by atoms with Crippen LogP contribution in [0, 0.1) is 6.92 Å². The number of rotatable bonds is 2. The van der Waals surface area contributed by atoms with Crippen molar-refractivity contribution in [2.24, 2.45) is 0 Å². The molecule has 0 spiro atoms. The fourth-order valence-corrected chi connectivity index (χ4v) is 2.80. The van der Waals surface area contributed by atoms with Gasteiger partial charge in [0.15, 0.2) is 0 Å². The molecule has 0 bridgehead atoms. The largest absolute Gasteiger partial charge is 0.306 e. The molecule has 0 N–H and O–H groups in total. The maximum absolute atomic E-state index is 4.80. The van der Waals surface area contributed by atoms with E-state index in [2.05, 4.69) is 67.7 Å². The summed E-state index contributed by atoms with van der Waals surface area (Å²) in [5, 5.41) is 3.56. The van der Waals surface area contributed by atoms with Crippen LogP contribution in [0.4, 0.5) is 0 Å². The van der Waals surface area contributed by atoms with Crippen LogP contribution in [0.2, 0.25) is 0 Å². The van der Waals surface area contributed by atoms with Gasteiger partial charge in [-0.1, -0.05) is 43.7 Å². The van der Waals surface area contributed by atoms with Gasteiger partial charge in [0.2, 0.25) is 0 Å². The van der Waals surface area contributed by atoms with Gasteiger partial charge in [-0.05, 0) is 32.4 Å². The van der Waals surface area contributed by atoms with E-state index in [1.165, 1.54) is 21.8 Å². The molecule has 0 saturated heterocycles. The van der Waals surface area contributed by atoms with Gasteiger partial charge in [-0.3, -0.25) is 0 Å². The van der Waals surface area contributed by atoms with Crippen molar-refractivity contribution in [3.63, 3.8) is 0 Å². The van der Waals surface area contributed by atoms with Gasteiger partial charge in [0.1, 0.15) is 0 Å². The zero-order chi connectivity index (χ0) is 14.1. The number of fused-ring (bicyclic) bond motifs is 3. The predicted molar refractivity (Wildman–Crippen MR) is 86.2 cm³/mol. The van der Waals surface area contributed by atoms with Crippen molar-refractivity contribution in [1.82, 2.24) is 9.38 Å². The third-order valence-corrected chi connectivity index (χ3v) is 3.77. The predicted octanol–water partition coefficient (Wildman–Crippen LogP) is 3.18. The molecule has 2 heterocycles. The molecule has 2 nitrogen and oxygen atoms in total. The minimum absolute atomic E-state index is 1.07. The van der Waals surface area contributed by atoms with Crippen molar-refractivity contribution >= 4 is 28.6 Å². The molecule has 0 unspecified atom stereocenters. The van der Waals surface area contributed by atoms with Crippen LogP contribution in [0.25, 0.3) is 28.6 Å². The first kappa shape index (κ1) is 12.9. The van der Waals surface area contributed by atoms with Gasteiger partial charge in [-0.15, -0.1) is 0 Å². The lowest BCUT2D eigenvalue weighted by Gasteiger charge is -2.03. The van der Waals surface area contributed by atoms with E-state index in [1.54, 1.807) is 0 Å². The summed E-state index contributed by atoms with van der Waals surface area (Å²) in [6.45, 7) is 6.38. The molecule has 0 radical (unpaired) electrons. The van der Waals surface area contributed by atoms with Gasteiger partial charge in [0.05, 0.1) is 27.4 Å². The molecule has 1 aromatic carbocycles. The molecule has 2 heteroatoms. The van der Waals surface area contributed by atoms with Gasteiger partial charge in [0.25, 0.3) is 0 Å². The summed E-state index contributed by atoms with van der Waals surface area (Å²) >= 11 is 0. The minimum atomic E-state index is 1.07. The number of hydrogen-bond acceptors (Lipinski definition) is 1. The fourth-order valence-electron chi connectivity index (χ4n) is 2.80. The SMILES string of the molecule is C/C=c1\c(=C/CCC)nc(C)c2cc3ccccc3n12. The molecule has 2 aromatic heterocycles. The first-order valence-electron chi connectivity index (χ1n) is 7.29. The zero-order valence-corrected chi connectivity index (χ0v) is 12.4. The molecular formula is C18H20N2. The van der Waals surface area contributed by atoms with Crippen molar-refractivity contribution in [3.05, 3.63) is 46.7 Å². The number of aryl methyl sites for hydroxylation is 1. The topological polar surface area (TPSA) is 17.3 Å². The zero-order valence-electron chi connectivity index (χ0n) is 12.4. The Balaban J connectivity index is 2.55. The van der Waals surface area contributed by atoms with Crippen LogP contribution in [0.3, 0.4) is 0 Å². The Labute approximate surface area is 119 Å². The number of nitrogens with zero attached hydrogens (tertiary/aromatic N) is 2. The van der Waals surface area contributed by atoms with E-state index >= 15 is 0 Å². The highest BCUT2D eigenvalue weighted by atomic mass is 14.9. The van der Waals surface area contributed by atoms with E-state index in [0.29, 0.717) is 0 Å². The molecule has 0 amide bonds. The Morgan fingerprint density at radius 2 is 2.00 bits per heavy atom. The smallest absolute Gasteiger partial charge is 0.0831 e. The molecule has 0 saturated carbocycles. The first-order chi connectivity index (χ1) is 9.76. The lowest BCUT2D eigenvalue weighted by atomic mass is 10.2. The molecule has 0 fully saturated rings. The van der Waals surface area contributed by atoms with Crippen LogP contribution in [0.5, 0.6) is 0 Å². The van der Waals surface area contributed by atoms with Crippen molar-refractivity contribution in [1.29, 1.82) is 0 Å². The van der Waals surface area contributed by atoms with Crippen LogP contribution in [0.15, 0.2) is 30.3 Å². The maximum atomic E-state index is 4.80. The summed E-state index contributed by atoms with van der Waals surface area (Å²) < 4.78 is 2.33. The monoisotopic (exact) mass is 264 g/mol. The van der Waals surface area contributed by atoms with Gasteiger partial charge < -0.3 is 4.40 Å². The Hall–Kier alpha value is -2.09. The molecule has 102 valence electrons. The van der Waals surface area contributed by atoms with Crippen molar-refractivity contribution in [3.8, 4) is 0 Å². The van der Waals surface area contributed by atoms with Crippen LogP contribution in [-0.4, -0.2) is 9.38 Å². The molecule has 0 atom stereocenters. The molecule has 3 aromatic rings. The number of para-hydroxylation sites is 1. The first-order valence-corrected chi connectivity index (χ1v) is 7.29. The van der Waals surface area contributed by atoms with Gasteiger partial charge in [-0.2, -0.15) is 0 Å². The normalized spacial score (nSPS) is 13.8. The standard InChI is InChI=1S/C18H20N2/c1-4-6-10-15-16(5-2)20-17-11-8-7-9-14(17)12-18(20)13(3)19-15/h5,7-12H,4,6H2,1-3H3/b15-10+,16-5+. The Kier molecular flexibility index (Phi) is 3.31. The second-order valence-corrected chi connectivity index (χ2v) is 5.17. The van der Waals surface area contributed by atoms with E-state index in [1.807, 2.05) is 0 Å². The average molecular weight is 264 g/mol. The fraction of sp³-hybridized carbons (Fsp3) is 0.278. The summed E-state index contributed by atoms with van der Waals surface area (Å²) in [6.07, 6.45) is 6.62. The molecular weight excluding hydrogens is 244 g/mol. The third kappa shape index (κ3) is 1.92. The van der Waals surface area contributed by atoms with E-state index < -0.39 is 0 Å². The number of unbranched alkanes of at least 4 members (excludes halogenated alkanes) is 1. The number of benzene rings is 1. The van der Waals surface area contributed by atoms with E-state index in [-0.39, 0.29) is 0 Å². The molecule has 20 heavy (non-hydrogen) atoms. The quantitative estimate of drug-likeness (QED) is 0.695. The van der Waals surface area contributed by atoms with Gasteiger partial charge >= 0.3 is 0 Å². The van der Waals surface area contributed by atoms with Crippen molar-refractivity contribution < 1.29 is 0 Å². The number of hydrogen-bond donors (Lipinski definition) is 0. The summed E-state index contributed by atoms with van der Waals surface area (Å²) in [5.41, 5.74) is 3.55.